The third-order valence-corrected chi connectivity index (χ3v) is 3.26. The number of sulfone groups is 1. The van der Waals surface area contributed by atoms with Gasteiger partial charge in [-0.1, -0.05) is 0 Å². The summed E-state index contributed by atoms with van der Waals surface area (Å²) >= 11 is 0. The van der Waals surface area contributed by atoms with Crippen molar-refractivity contribution in [3.8, 4) is 0 Å². The highest BCUT2D eigenvalue weighted by molar-refractivity contribution is 7.90. The fourth-order valence-corrected chi connectivity index (χ4v) is 2.03. The summed E-state index contributed by atoms with van der Waals surface area (Å²) in [7, 11) is -2.84. The molecule has 0 saturated carbocycles. The van der Waals surface area contributed by atoms with Crippen molar-refractivity contribution >= 4 is 9.84 Å². The minimum Gasteiger partial charge on any atom is -0.354 e. The fraction of sp³-hybridized carbons (Fsp3) is 0.600. The fourth-order valence-electron chi connectivity index (χ4n) is 1.38. The predicted octanol–water partition coefficient (Wildman–Crippen LogP) is 0.943. The van der Waals surface area contributed by atoms with Crippen LogP contribution >= 0.6 is 0 Å². The van der Waals surface area contributed by atoms with Crippen molar-refractivity contribution in [3.05, 3.63) is 24.0 Å². The largest absolute Gasteiger partial charge is 0.354 e. The molecule has 0 spiro atoms. The van der Waals surface area contributed by atoms with E-state index < -0.39 is 9.84 Å². The summed E-state index contributed by atoms with van der Waals surface area (Å²) in [6, 6.07) is 1.99. The third kappa shape index (κ3) is 4.48. The predicted molar refractivity (Wildman–Crippen MR) is 61.4 cm³/mol. The van der Waals surface area contributed by atoms with E-state index in [1.165, 1.54) is 6.26 Å². The summed E-state index contributed by atoms with van der Waals surface area (Å²) in [5.41, 5.74) is 6.79. The third-order valence-electron chi connectivity index (χ3n) is 2.23. The van der Waals surface area contributed by atoms with Crippen LogP contribution in [0.3, 0.4) is 0 Å². The van der Waals surface area contributed by atoms with Gasteiger partial charge >= 0.3 is 0 Å². The number of rotatable bonds is 5. The van der Waals surface area contributed by atoms with Crippen LogP contribution in [0.15, 0.2) is 18.5 Å². The van der Waals surface area contributed by atoms with Gasteiger partial charge in [-0.2, -0.15) is 0 Å². The molecule has 1 aromatic rings. The Hall–Kier alpha value is -0.810. The minimum atomic E-state index is -2.84. The molecule has 0 amide bonds. The normalized spacial score (nSPS) is 14.1. The van der Waals surface area contributed by atoms with Crippen LogP contribution in [0.25, 0.3) is 0 Å². The topological polar surface area (TPSA) is 65.1 Å². The van der Waals surface area contributed by atoms with Gasteiger partial charge in [-0.05, 0) is 25.0 Å². The Morgan fingerprint density at radius 3 is 2.67 bits per heavy atom. The lowest BCUT2D eigenvalue weighted by Crippen LogP contribution is -2.07. The Balaban J connectivity index is 2.45. The van der Waals surface area contributed by atoms with Crippen LogP contribution in [0.1, 0.15) is 24.9 Å². The van der Waals surface area contributed by atoms with Crippen molar-refractivity contribution in [2.24, 2.45) is 5.73 Å². The highest BCUT2D eigenvalue weighted by Crippen LogP contribution is 2.10. The first-order valence-electron chi connectivity index (χ1n) is 4.97. The van der Waals surface area contributed by atoms with E-state index in [1.54, 1.807) is 0 Å². The van der Waals surface area contributed by atoms with Gasteiger partial charge in [0.2, 0.25) is 0 Å². The van der Waals surface area contributed by atoms with Crippen LogP contribution < -0.4 is 5.73 Å². The Kier molecular flexibility index (Phi) is 3.93. The maximum Gasteiger partial charge on any atom is 0.147 e. The molecule has 0 aliphatic carbocycles. The molecule has 0 aliphatic heterocycles. The van der Waals surface area contributed by atoms with Crippen molar-refractivity contribution < 1.29 is 8.42 Å². The molecular formula is C10H18N2O2S. The first kappa shape index (κ1) is 12.3. The zero-order chi connectivity index (χ0) is 11.5. The summed E-state index contributed by atoms with van der Waals surface area (Å²) in [6.45, 7) is 2.65. The molecule has 15 heavy (non-hydrogen) atoms. The monoisotopic (exact) mass is 230 g/mol. The smallest absolute Gasteiger partial charge is 0.147 e. The molecule has 0 saturated heterocycles. The van der Waals surface area contributed by atoms with Crippen molar-refractivity contribution in [1.82, 2.24) is 4.57 Å². The first-order valence-corrected chi connectivity index (χ1v) is 7.03. The molecule has 0 radical (unpaired) electrons. The lowest BCUT2D eigenvalue weighted by atomic mass is 10.2. The van der Waals surface area contributed by atoms with E-state index in [-0.39, 0.29) is 11.8 Å². The second-order valence-electron chi connectivity index (χ2n) is 3.95. The minimum absolute atomic E-state index is 0.0288. The van der Waals surface area contributed by atoms with Gasteiger partial charge in [0.25, 0.3) is 0 Å². The van der Waals surface area contributed by atoms with Gasteiger partial charge in [0.1, 0.15) is 9.84 Å². The molecule has 1 rings (SSSR count). The van der Waals surface area contributed by atoms with Crippen molar-refractivity contribution in [2.75, 3.05) is 12.0 Å². The molecule has 1 atom stereocenters. The lowest BCUT2D eigenvalue weighted by Gasteiger charge is -2.03. The van der Waals surface area contributed by atoms with Crippen LogP contribution in [0.4, 0.5) is 0 Å². The molecule has 0 aromatic carbocycles. The second-order valence-corrected chi connectivity index (χ2v) is 6.21. The van der Waals surface area contributed by atoms with Crippen LogP contribution in [0, 0.1) is 0 Å². The van der Waals surface area contributed by atoms with E-state index in [0.717, 1.165) is 12.1 Å². The highest BCUT2D eigenvalue weighted by atomic mass is 32.2. The van der Waals surface area contributed by atoms with Crippen LogP contribution in [-0.4, -0.2) is 25.0 Å². The molecular weight excluding hydrogens is 212 g/mol. The van der Waals surface area contributed by atoms with Gasteiger partial charge in [-0.15, -0.1) is 0 Å². The number of nitrogens with zero attached hydrogens (tertiary/aromatic N) is 1. The van der Waals surface area contributed by atoms with E-state index >= 15 is 0 Å². The van der Waals surface area contributed by atoms with Gasteiger partial charge in [-0.3, -0.25) is 0 Å². The number of hydrogen-bond acceptors (Lipinski definition) is 3. The molecule has 5 heteroatoms. The molecule has 86 valence electrons. The Morgan fingerprint density at radius 2 is 2.20 bits per heavy atom. The average molecular weight is 230 g/mol. The standard InChI is InChI=1S/C10H18N2O2S/c1-9(11)10-4-6-12(8-10)5-3-7-15(2,13)14/h4,6,8-9H,3,5,7,11H2,1-2H3. The zero-order valence-corrected chi connectivity index (χ0v) is 10.00. The molecule has 0 bridgehead atoms. The van der Waals surface area contributed by atoms with Gasteiger partial charge in [0, 0.05) is 31.2 Å². The highest BCUT2D eigenvalue weighted by Gasteiger charge is 2.04. The van der Waals surface area contributed by atoms with Crippen LogP contribution in [0.5, 0.6) is 0 Å². The molecule has 0 aliphatic rings. The maximum atomic E-state index is 10.9. The molecule has 1 unspecified atom stereocenters. The Bertz CT molecular complexity index is 407. The van der Waals surface area contributed by atoms with E-state index in [4.69, 9.17) is 5.73 Å². The van der Waals surface area contributed by atoms with Crippen LogP contribution in [-0.2, 0) is 16.4 Å². The SMILES string of the molecule is CC(N)c1ccn(CCCS(C)(=O)=O)c1. The molecule has 0 fully saturated rings. The summed E-state index contributed by atoms with van der Waals surface area (Å²) < 4.78 is 23.8. The summed E-state index contributed by atoms with van der Waals surface area (Å²) in [4.78, 5) is 0. The maximum absolute atomic E-state index is 10.9. The first-order chi connectivity index (χ1) is 6.88. The second kappa shape index (κ2) is 4.81. The van der Waals surface area contributed by atoms with Crippen molar-refractivity contribution in [2.45, 2.75) is 25.9 Å². The Labute approximate surface area is 91.0 Å². The molecule has 1 heterocycles. The van der Waals surface area contributed by atoms with Gasteiger partial charge in [0.05, 0.1) is 5.75 Å². The van der Waals surface area contributed by atoms with Crippen molar-refractivity contribution in [1.29, 1.82) is 0 Å². The number of aryl methyl sites for hydroxylation is 1. The molecule has 1 aromatic heterocycles. The summed E-state index contributed by atoms with van der Waals surface area (Å²) in [6.07, 6.45) is 5.80. The number of aromatic nitrogens is 1. The van der Waals surface area contributed by atoms with Crippen molar-refractivity contribution in [3.63, 3.8) is 0 Å². The molecule has 2 N–H and O–H groups in total. The van der Waals surface area contributed by atoms with Gasteiger partial charge < -0.3 is 10.3 Å². The van der Waals surface area contributed by atoms with Gasteiger partial charge in [-0.25, -0.2) is 8.42 Å². The quantitative estimate of drug-likeness (QED) is 0.818. The summed E-state index contributed by atoms with van der Waals surface area (Å²) in [5.74, 6) is 0.235. The Morgan fingerprint density at radius 1 is 1.53 bits per heavy atom. The van der Waals surface area contributed by atoms with E-state index in [1.807, 2.05) is 30.0 Å². The summed E-state index contributed by atoms with van der Waals surface area (Å²) in [5, 5.41) is 0. The average Bonchev–Trinajstić information content (AvgIpc) is 2.50. The van der Waals surface area contributed by atoms with E-state index in [2.05, 4.69) is 0 Å². The molecule has 4 nitrogen and oxygen atoms in total. The number of nitrogens with two attached hydrogens (primary N) is 1. The van der Waals surface area contributed by atoms with Crippen LogP contribution in [0.2, 0.25) is 0 Å². The van der Waals surface area contributed by atoms with E-state index in [0.29, 0.717) is 6.42 Å². The zero-order valence-electron chi connectivity index (χ0n) is 9.18. The lowest BCUT2D eigenvalue weighted by molar-refractivity contribution is 0.592. The van der Waals surface area contributed by atoms with Gasteiger partial charge in [0.15, 0.2) is 0 Å². The van der Waals surface area contributed by atoms with E-state index in [9.17, 15) is 8.42 Å². The number of hydrogen-bond donors (Lipinski definition) is 1.